The highest BCUT2D eigenvalue weighted by Crippen LogP contribution is 2.25. The zero-order valence-electron chi connectivity index (χ0n) is 13.9. The molecule has 0 bridgehead atoms. The van der Waals surface area contributed by atoms with Crippen LogP contribution < -0.4 is 11.1 Å². The van der Waals surface area contributed by atoms with Crippen molar-refractivity contribution >= 4 is 23.0 Å². The molecule has 1 aromatic rings. The van der Waals surface area contributed by atoms with Crippen LogP contribution in [-0.4, -0.2) is 21.7 Å². The van der Waals surface area contributed by atoms with E-state index in [1.54, 1.807) is 0 Å². The van der Waals surface area contributed by atoms with E-state index in [1.807, 2.05) is 13.8 Å². The van der Waals surface area contributed by atoms with Crippen molar-refractivity contribution in [3.8, 4) is 0 Å². The minimum Gasteiger partial charge on any atom is -0.389 e. The van der Waals surface area contributed by atoms with Crippen molar-refractivity contribution in [2.45, 2.75) is 60.3 Å². The van der Waals surface area contributed by atoms with Crippen LogP contribution in [0.15, 0.2) is 0 Å². The quantitative estimate of drug-likeness (QED) is 0.566. The van der Waals surface area contributed by atoms with Gasteiger partial charge in [0.25, 0.3) is 0 Å². The van der Waals surface area contributed by atoms with Gasteiger partial charge in [-0.2, -0.15) is 5.10 Å². The van der Waals surface area contributed by atoms with E-state index in [-0.39, 0.29) is 5.41 Å². The smallest absolute Gasteiger partial charge is 0.159 e. The third-order valence-corrected chi connectivity index (χ3v) is 4.10. The van der Waals surface area contributed by atoms with Gasteiger partial charge in [-0.25, -0.2) is 0 Å². The maximum Gasteiger partial charge on any atom is 0.159 e. The lowest BCUT2D eigenvalue weighted by Crippen LogP contribution is -2.26. The van der Waals surface area contributed by atoms with Gasteiger partial charge in [-0.05, 0) is 31.2 Å². The van der Waals surface area contributed by atoms with E-state index in [0.717, 1.165) is 23.4 Å². The highest BCUT2D eigenvalue weighted by Gasteiger charge is 2.20. The van der Waals surface area contributed by atoms with Crippen molar-refractivity contribution in [1.29, 1.82) is 0 Å². The topological polar surface area (TPSA) is 63.8 Å². The molecule has 4 nitrogen and oxygen atoms in total. The van der Waals surface area contributed by atoms with Crippen molar-refractivity contribution < 1.29 is 0 Å². The molecular weight excluding hydrogens is 280 g/mol. The zero-order valence-corrected chi connectivity index (χ0v) is 14.7. The molecule has 0 saturated carbocycles. The van der Waals surface area contributed by atoms with Crippen molar-refractivity contribution in [2.24, 2.45) is 11.1 Å². The van der Waals surface area contributed by atoms with Crippen LogP contribution in [0.25, 0.3) is 0 Å². The van der Waals surface area contributed by atoms with Gasteiger partial charge in [0.2, 0.25) is 0 Å². The molecule has 0 fully saturated rings. The van der Waals surface area contributed by atoms with Gasteiger partial charge < -0.3 is 11.1 Å². The first-order valence-electron chi connectivity index (χ1n) is 7.66. The molecule has 0 aliphatic carbocycles. The number of unbranched alkanes of at least 4 members (excludes halogenated alkanes) is 2. The van der Waals surface area contributed by atoms with E-state index in [1.165, 1.54) is 25.7 Å². The fourth-order valence-electron chi connectivity index (χ4n) is 2.30. The van der Waals surface area contributed by atoms with Gasteiger partial charge in [-0.3, -0.25) is 0 Å². The van der Waals surface area contributed by atoms with Crippen LogP contribution in [0.3, 0.4) is 0 Å². The number of nitrogens with zero attached hydrogens (tertiary/aromatic N) is 2. The first-order chi connectivity index (χ1) is 9.78. The highest BCUT2D eigenvalue weighted by atomic mass is 32.1. The Morgan fingerprint density at radius 3 is 2.48 bits per heavy atom. The van der Waals surface area contributed by atoms with Gasteiger partial charge in [0, 0.05) is 6.54 Å². The predicted molar refractivity (Wildman–Crippen MR) is 93.8 cm³/mol. The average Bonchev–Trinajstić information content (AvgIpc) is 2.40. The van der Waals surface area contributed by atoms with E-state index in [2.05, 4.69) is 36.3 Å². The number of rotatable bonds is 8. The maximum absolute atomic E-state index is 5.85. The number of thiocarbonyl (C=S) groups is 1. The van der Waals surface area contributed by atoms with E-state index in [0.29, 0.717) is 10.8 Å². The van der Waals surface area contributed by atoms with E-state index in [9.17, 15) is 0 Å². The van der Waals surface area contributed by atoms with Crippen LogP contribution in [0.5, 0.6) is 0 Å². The van der Waals surface area contributed by atoms with Crippen LogP contribution >= 0.6 is 12.2 Å². The summed E-state index contributed by atoms with van der Waals surface area (Å²) < 4.78 is 0. The molecule has 118 valence electrons. The Bertz CT molecular complexity index is 497. The molecule has 0 aromatic carbocycles. The predicted octanol–water partition coefficient (Wildman–Crippen LogP) is 3.75. The minimum absolute atomic E-state index is 0.211. The summed E-state index contributed by atoms with van der Waals surface area (Å²) in [5, 5.41) is 11.8. The van der Waals surface area contributed by atoms with Crippen LogP contribution in [0.1, 0.15) is 63.3 Å². The fraction of sp³-hybridized carbons (Fsp3) is 0.688. The Morgan fingerprint density at radius 2 is 1.90 bits per heavy atom. The molecule has 0 aliphatic rings. The van der Waals surface area contributed by atoms with E-state index in [4.69, 9.17) is 18.0 Å². The third-order valence-electron chi connectivity index (χ3n) is 3.89. The van der Waals surface area contributed by atoms with Crippen molar-refractivity contribution in [2.75, 3.05) is 11.9 Å². The summed E-state index contributed by atoms with van der Waals surface area (Å²) in [4.78, 5) is 0.372. The molecule has 0 amide bonds. The standard InChI is InChI=1S/C16H28N4S/c1-6-7-8-9-16(4,5)10-18-15-13(14(17)21)11(2)12(3)19-20-15/h6-10H2,1-5H3,(H2,17,21)(H,18,20). The molecule has 0 aliphatic heterocycles. The Labute approximate surface area is 133 Å². The molecule has 1 rings (SSSR count). The number of hydrogen-bond donors (Lipinski definition) is 2. The molecule has 5 heteroatoms. The van der Waals surface area contributed by atoms with Gasteiger partial charge in [0.1, 0.15) is 4.99 Å². The molecule has 0 radical (unpaired) electrons. The molecule has 0 saturated heterocycles. The summed E-state index contributed by atoms with van der Waals surface area (Å²) in [5.41, 5.74) is 8.75. The number of aryl methyl sites for hydroxylation is 1. The average molecular weight is 308 g/mol. The molecular formula is C16H28N4S. The largest absolute Gasteiger partial charge is 0.389 e. The SMILES string of the molecule is CCCCCC(C)(C)CNc1nnc(C)c(C)c1C(N)=S. The van der Waals surface area contributed by atoms with Gasteiger partial charge in [0.05, 0.1) is 11.3 Å². The van der Waals surface area contributed by atoms with Gasteiger partial charge in [0.15, 0.2) is 5.82 Å². The lowest BCUT2D eigenvalue weighted by molar-refractivity contribution is 0.342. The fourth-order valence-corrected chi connectivity index (χ4v) is 2.55. The summed E-state index contributed by atoms with van der Waals surface area (Å²) in [6, 6.07) is 0. The molecule has 21 heavy (non-hydrogen) atoms. The normalized spacial score (nSPS) is 11.5. The Hall–Kier alpha value is -1.23. The molecule has 0 unspecified atom stereocenters. The van der Waals surface area contributed by atoms with Crippen LogP contribution in [-0.2, 0) is 0 Å². The number of hydrogen-bond acceptors (Lipinski definition) is 4. The van der Waals surface area contributed by atoms with Crippen molar-refractivity contribution in [1.82, 2.24) is 10.2 Å². The summed E-state index contributed by atoms with van der Waals surface area (Å²) >= 11 is 5.16. The third kappa shape index (κ3) is 5.23. The van der Waals surface area contributed by atoms with Gasteiger partial charge in [-0.15, -0.1) is 5.10 Å². The van der Waals surface area contributed by atoms with Crippen LogP contribution in [0.2, 0.25) is 0 Å². The summed E-state index contributed by atoms with van der Waals surface area (Å²) in [6.07, 6.45) is 4.98. The maximum atomic E-state index is 5.85. The van der Waals surface area contributed by atoms with Crippen molar-refractivity contribution in [3.05, 3.63) is 16.8 Å². The molecule has 1 heterocycles. The Morgan fingerprint density at radius 1 is 1.24 bits per heavy atom. The summed E-state index contributed by atoms with van der Waals surface area (Å²) in [5.74, 6) is 0.703. The van der Waals surface area contributed by atoms with Crippen LogP contribution in [0, 0.1) is 19.3 Å². The summed E-state index contributed by atoms with van der Waals surface area (Å²) in [7, 11) is 0. The molecule has 1 aromatic heterocycles. The van der Waals surface area contributed by atoms with Gasteiger partial charge in [-0.1, -0.05) is 52.3 Å². The molecule has 0 spiro atoms. The Kier molecular flexibility index (Phi) is 6.52. The second kappa shape index (κ2) is 7.69. The minimum atomic E-state index is 0.211. The van der Waals surface area contributed by atoms with Crippen LogP contribution in [0.4, 0.5) is 5.82 Å². The van der Waals surface area contributed by atoms with E-state index < -0.39 is 0 Å². The Balaban J connectivity index is 2.80. The number of nitrogens with one attached hydrogen (secondary N) is 1. The number of nitrogens with two attached hydrogens (primary N) is 1. The highest BCUT2D eigenvalue weighted by molar-refractivity contribution is 7.80. The first kappa shape index (κ1) is 17.8. The molecule has 3 N–H and O–H groups in total. The second-order valence-corrected chi connectivity index (χ2v) is 6.91. The second-order valence-electron chi connectivity index (χ2n) is 6.47. The van der Waals surface area contributed by atoms with Gasteiger partial charge >= 0.3 is 0 Å². The lowest BCUT2D eigenvalue weighted by Gasteiger charge is -2.26. The summed E-state index contributed by atoms with van der Waals surface area (Å²) in [6.45, 7) is 11.5. The molecule has 0 atom stereocenters. The monoisotopic (exact) mass is 308 g/mol. The van der Waals surface area contributed by atoms with Crippen molar-refractivity contribution in [3.63, 3.8) is 0 Å². The zero-order chi connectivity index (χ0) is 16.0. The lowest BCUT2D eigenvalue weighted by atomic mass is 9.87. The number of aromatic nitrogens is 2. The number of anilines is 1. The first-order valence-corrected chi connectivity index (χ1v) is 8.07. The van der Waals surface area contributed by atoms with E-state index >= 15 is 0 Å².